The SMILES string of the molecule is CN(C)C(=O)CN1CCC[C@@H](c2ccc3c(=O)n(C)c(=O)n(Cc4ccccc4)c3n2)C1. The number of hydrogen-bond donors (Lipinski definition) is 0. The molecule has 8 heteroatoms. The molecular formula is C24H29N5O3. The largest absolute Gasteiger partial charge is 0.348 e. The summed E-state index contributed by atoms with van der Waals surface area (Å²) in [5, 5.41) is 0.433. The van der Waals surface area contributed by atoms with E-state index in [-0.39, 0.29) is 23.1 Å². The zero-order valence-electron chi connectivity index (χ0n) is 18.8. The van der Waals surface area contributed by atoms with Crippen LogP contribution in [0.25, 0.3) is 11.0 Å². The maximum atomic E-state index is 13.0. The molecule has 3 heterocycles. The molecule has 3 aromatic rings. The first-order valence-corrected chi connectivity index (χ1v) is 10.9. The molecule has 1 aromatic carbocycles. The van der Waals surface area contributed by atoms with E-state index in [0.717, 1.165) is 41.8 Å². The molecule has 0 bridgehead atoms. The van der Waals surface area contributed by atoms with E-state index in [1.807, 2.05) is 36.4 Å². The summed E-state index contributed by atoms with van der Waals surface area (Å²) in [5.74, 6) is 0.227. The van der Waals surface area contributed by atoms with E-state index in [1.54, 1.807) is 29.6 Å². The van der Waals surface area contributed by atoms with Gasteiger partial charge in [-0.3, -0.25) is 23.6 Å². The van der Waals surface area contributed by atoms with Crippen LogP contribution in [-0.2, 0) is 18.4 Å². The van der Waals surface area contributed by atoms with Gasteiger partial charge in [-0.05, 0) is 37.1 Å². The monoisotopic (exact) mass is 435 g/mol. The van der Waals surface area contributed by atoms with Crippen molar-refractivity contribution in [3.63, 3.8) is 0 Å². The van der Waals surface area contributed by atoms with Gasteiger partial charge in [-0.15, -0.1) is 0 Å². The highest BCUT2D eigenvalue weighted by Gasteiger charge is 2.25. The smallest absolute Gasteiger partial charge is 0.332 e. The molecular weight excluding hydrogens is 406 g/mol. The van der Waals surface area contributed by atoms with Gasteiger partial charge in [0.1, 0.15) is 5.65 Å². The third kappa shape index (κ3) is 4.36. The first-order valence-electron chi connectivity index (χ1n) is 10.9. The van der Waals surface area contributed by atoms with Crippen LogP contribution >= 0.6 is 0 Å². The number of hydrogen-bond acceptors (Lipinski definition) is 5. The second kappa shape index (κ2) is 9.08. The predicted octanol–water partition coefficient (Wildman–Crippen LogP) is 1.41. The molecule has 1 atom stereocenters. The average Bonchev–Trinajstić information content (AvgIpc) is 2.81. The summed E-state index contributed by atoms with van der Waals surface area (Å²) in [6.07, 6.45) is 1.93. The van der Waals surface area contributed by atoms with Gasteiger partial charge >= 0.3 is 5.69 Å². The summed E-state index contributed by atoms with van der Waals surface area (Å²) in [5.41, 5.74) is 1.52. The average molecular weight is 436 g/mol. The molecule has 1 aliphatic heterocycles. The van der Waals surface area contributed by atoms with Crippen molar-refractivity contribution >= 4 is 16.9 Å². The molecule has 4 rings (SSSR count). The Hall–Kier alpha value is -3.26. The maximum absolute atomic E-state index is 13.0. The van der Waals surface area contributed by atoms with Crippen LogP contribution in [0.5, 0.6) is 0 Å². The van der Waals surface area contributed by atoms with Gasteiger partial charge < -0.3 is 4.90 Å². The summed E-state index contributed by atoms with van der Waals surface area (Å²) in [6.45, 7) is 2.33. The zero-order valence-corrected chi connectivity index (χ0v) is 18.8. The summed E-state index contributed by atoms with van der Waals surface area (Å²) in [6, 6.07) is 13.4. The maximum Gasteiger partial charge on any atom is 0.332 e. The fraction of sp³-hybridized carbons (Fsp3) is 0.417. The highest BCUT2D eigenvalue weighted by atomic mass is 16.2. The van der Waals surface area contributed by atoms with Crippen molar-refractivity contribution in [2.45, 2.75) is 25.3 Å². The van der Waals surface area contributed by atoms with Crippen molar-refractivity contribution < 1.29 is 4.79 Å². The van der Waals surface area contributed by atoms with Crippen LogP contribution in [0.15, 0.2) is 52.1 Å². The van der Waals surface area contributed by atoms with Gasteiger partial charge in [-0.1, -0.05) is 30.3 Å². The number of likely N-dealkylation sites (tertiary alicyclic amines) is 1. The molecule has 0 N–H and O–H groups in total. The lowest BCUT2D eigenvalue weighted by molar-refractivity contribution is -0.130. The number of aromatic nitrogens is 3. The summed E-state index contributed by atoms with van der Waals surface area (Å²) in [4.78, 5) is 46.5. The zero-order chi connectivity index (χ0) is 22.8. The Morgan fingerprint density at radius 2 is 1.88 bits per heavy atom. The number of rotatable bonds is 5. The van der Waals surface area contributed by atoms with Gasteiger partial charge in [-0.2, -0.15) is 0 Å². The van der Waals surface area contributed by atoms with Crippen LogP contribution in [-0.4, -0.2) is 63.6 Å². The van der Waals surface area contributed by atoms with Crippen LogP contribution < -0.4 is 11.2 Å². The van der Waals surface area contributed by atoms with Gasteiger partial charge in [-0.25, -0.2) is 9.78 Å². The van der Waals surface area contributed by atoms with E-state index in [9.17, 15) is 14.4 Å². The minimum atomic E-state index is -0.377. The molecule has 168 valence electrons. The van der Waals surface area contributed by atoms with Gasteiger partial charge in [0, 0.05) is 39.3 Å². The quantitative estimate of drug-likeness (QED) is 0.605. The lowest BCUT2D eigenvalue weighted by Gasteiger charge is -2.32. The topological polar surface area (TPSA) is 80.4 Å². The fourth-order valence-corrected chi connectivity index (χ4v) is 4.28. The summed E-state index contributed by atoms with van der Waals surface area (Å²) in [7, 11) is 5.03. The molecule has 1 fully saturated rings. The van der Waals surface area contributed by atoms with Crippen molar-refractivity contribution in [3.05, 3.63) is 74.6 Å². The Bertz CT molecular complexity index is 1250. The molecule has 8 nitrogen and oxygen atoms in total. The van der Waals surface area contributed by atoms with Crippen LogP contribution in [0.2, 0.25) is 0 Å². The molecule has 32 heavy (non-hydrogen) atoms. The Morgan fingerprint density at radius 1 is 1.12 bits per heavy atom. The number of carbonyl (C=O) groups excluding carboxylic acids is 1. The van der Waals surface area contributed by atoms with Gasteiger partial charge in [0.15, 0.2) is 0 Å². The molecule has 1 amide bonds. The van der Waals surface area contributed by atoms with Crippen molar-refractivity contribution in [1.82, 2.24) is 23.9 Å². The molecule has 2 aromatic heterocycles. The number of carbonyl (C=O) groups is 1. The van der Waals surface area contributed by atoms with Gasteiger partial charge in [0.05, 0.1) is 18.5 Å². The first-order chi connectivity index (χ1) is 15.3. The second-order valence-corrected chi connectivity index (χ2v) is 8.69. The second-order valence-electron chi connectivity index (χ2n) is 8.69. The normalized spacial score (nSPS) is 16.9. The fourth-order valence-electron chi connectivity index (χ4n) is 4.28. The van der Waals surface area contributed by atoms with E-state index in [1.165, 1.54) is 7.05 Å². The Balaban J connectivity index is 1.72. The number of amides is 1. The van der Waals surface area contributed by atoms with E-state index < -0.39 is 0 Å². The van der Waals surface area contributed by atoms with Crippen LogP contribution in [0.4, 0.5) is 0 Å². The minimum absolute atomic E-state index is 0.0808. The Labute approximate surface area is 186 Å². The Kier molecular flexibility index (Phi) is 6.23. The first kappa shape index (κ1) is 22.0. The third-order valence-electron chi connectivity index (χ3n) is 6.17. The summed E-state index contributed by atoms with van der Waals surface area (Å²) < 4.78 is 2.72. The lowest BCUT2D eigenvalue weighted by Crippen LogP contribution is -2.42. The van der Waals surface area contributed by atoms with E-state index >= 15 is 0 Å². The molecule has 0 unspecified atom stereocenters. The number of nitrogens with zero attached hydrogens (tertiary/aromatic N) is 5. The van der Waals surface area contributed by atoms with Crippen molar-refractivity contribution in [1.29, 1.82) is 0 Å². The number of benzene rings is 1. The van der Waals surface area contributed by atoms with Gasteiger partial charge in [0.25, 0.3) is 5.56 Å². The standard InChI is InChI=1S/C24H29N5O3/c1-26(2)21(30)16-28-13-7-10-18(15-28)20-12-11-19-22(25-20)29(24(32)27(3)23(19)31)14-17-8-5-4-6-9-17/h4-6,8-9,11-12,18H,7,10,13-16H2,1-3H3/t18-/m1/s1. The highest BCUT2D eigenvalue weighted by molar-refractivity contribution is 5.77. The summed E-state index contributed by atoms with van der Waals surface area (Å²) >= 11 is 0. The number of likely N-dealkylation sites (N-methyl/N-ethyl adjacent to an activating group) is 1. The van der Waals surface area contributed by atoms with Crippen molar-refractivity contribution in [3.8, 4) is 0 Å². The third-order valence-corrected chi connectivity index (χ3v) is 6.17. The molecule has 0 aliphatic carbocycles. The van der Waals surface area contributed by atoms with E-state index in [2.05, 4.69) is 4.90 Å². The number of fused-ring (bicyclic) bond motifs is 1. The molecule has 0 radical (unpaired) electrons. The van der Waals surface area contributed by atoms with Crippen LogP contribution in [0, 0.1) is 0 Å². The molecule has 0 saturated carbocycles. The molecule has 1 saturated heterocycles. The Morgan fingerprint density at radius 3 is 2.59 bits per heavy atom. The number of piperidine rings is 1. The van der Waals surface area contributed by atoms with E-state index in [0.29, 0.717) is 24.1 Å². The molecule has 1 aliphatic rings. The van der Waals surface area contributed by atoms with Crippen molar-refractivity contribution in [2.24, 2.45) is 7.05 Å². The predicted molar refractivity (Wildman–Crippen MR) is 124 cm³/mol. The van der Waals surface area contributed by atoms with Gasteiger partial charge in [0.2, 0.25) is 5.91 Å². The highest BCUT2D eigenvalue weighted by Crippen LogP contribution is 2.26. The number of pyridine rings is 1. The van der Waals surface area contributed by atoms with Crippen molar-refractivity contribution in [2.75, 3.05) is 33.7 Å². The lowest BCUT2D eigenvalue weighted by atomic mass is 9.94. The van der Waals surface area contributed by atoms with Crippen LogP contribution in [0.3, 0.4) is 0 Å². The minimum Gasteiger partial charge on any atom is -0.348 e. The van der Waals surface area contributed by atoms with Crippen LogP contribution in [0.1, 0.15) is 30.0 Å². The molecule has 0 spiro atoms. The van der Waals surface area contributed by atoms with E-state index in [4.69, 9.17) is 4.98 Å².